The summed E-state index contributed by atoms with van der Waals surface area (Å²) in [4.78, 5) is 33.5. The number of nitrogens with zero attached hydrogens (tertiary/aromatic N) is 3. The van der Waals surface area contributed by atoms with Crippen LogP contribution in [0.3, 0.4) is 0 Å². The van der Waals surface area contributed by atoms with Crippen molar-refractivity contribution in [2.45, 2.75) is 32.9 Å². The first-order chi connectivity index (χ1) is 15.7. The van der Waals surface area contributed by atoms with Gasteiger partial charge in [-0.25, -0.2) is 4.98 Å². The van der Waals surface area contributed by atoms with Gasteiger partial charge in [0.2, 0.25) is 11.8 Å². The minimum atomic E-state index is -0.395. The number of hydrogen-bond donors (Lipinski definition) is 1. The van der Waals surface area contributed by atoms with Crippen molar-refractivity contribution in [3.8, 4) is 17.0 Å². The van der Waals surface area contributed by atoms with Gasteiger partial charge in [0, 0.05) is 38.4 Å². The summed E-state index contributed by atoms with van der Waals surface area (Å²) in [5.41, 5.74) is 3.24. The van der Waals surface area contributed by atoms with Crippen LogP contribution in [0.5, 0.6) is 5.88 Å². The number of aliphatic hydroxyl groups excluding tert-OH is 1. The number of carbonyl (C=O) groups is 2. The molecular weight excluding hydrogens is 422 g/mol. The first kappa shape index (κ1) is 24.7. The van der Waals surface area contributed by atoms with Crippen molar-refractivity contribution in [1.29, 1.82) is 0 Å². The Bertz CT molecular complexity index is 979. The van der Waals surface area contributed by atoms with Crippen molar-refractivity contribution < 1.29 is 24.2 Å². The van der Waals surface area contributed by atoms with Crippen molar-refractivity contribution >= 4 is 11.8 Å². The van der Waals surface area contributed by atoms with Crippen molar-refractivity contribution in [3.63, 3.8) is 0 Å². The highest BCUT2D eigenvalue weighted by Gasteiger charge is 2.34. The molecule has 2 aromatic rings. The summed E-state index contributed by atoms with van der Waals surface area (Å²) in [6.07, 6.45) is 1.30. The van der Waals surface area contributed by atoms with E-state index in [2.05, 4.69) is 4.98 Å². The second-order valence-electron chi connectivity index (χ2n) is 8.77. The first-order valence-electron chi connectivity index (χ1n) is 11.1. The maximum Gasteiger partial charge on any atom is 0.259 e. The summed E-state index contributed by atoms with van der Waals surface area (Å²) < 4.78 is 11.2. The van der Waals surface area contributed by atoms with E-state index in [-0.39, 0.29) is 42.9 Å². The number of carbonyl (C=O) groups excluding carboxylic acids is 2. The molecule has 3 atom stereocenters. The third kappa shape index (κ3) is 5.69. The van der Waals surface area contributed by atoms with Crippen LogP contribution in [0.2, 0.25) is 0 Å². The number of rotatable bonds is 7. The largest absolute Gasteiger partial charge is 0.472 e. The predicted molar refractivity (Wildman–Crippen MR) is 125 cm³/mol. The molecule has 1 aromatic heterocycles. The third-order valence-corrected chi connectivity index (χ3v) is 6.05. The fraction of sp³-hybridized carbons (Fsp3) is 0.480. The standard InChI is InChI=1S/C25H33N3O5/c1-16-6-8-19(9-7-16)20-10-21-24(26-11-20)33-22(13-27(4)23(30)15-32-5)17(2)12-28(25(21)31)18(3)14-29/h6-11,17-18,22,29H,12-15H2,1-5H3/t17-,18+,22-/m1/s1. The van der Waals surface area contributed by atoms with Gasteiger partial charge in [0.25, 0.3) is 5.91 Å². The van der Waals surface area contributed by atoms with E-state index in [1.807, 2.05) is 45.0 Å². The lowest BCUT2D eigenvalue weighted by Gasteiger charge is -2.37. The molecular formula is C25H33N3O5. The first-order valence-corrected chi connectivity index (χ1v) is 11.1. The fourth-order valence-corrected chi connectivity index (χ4v) is 3.83. The van der Waals surface area contributed by atoms with E-state index in [1.54, 1.807) is 29.1 Å². The molecule has 2 amide bonds. The van der Waals surface area contributed by atoms with Gasteiger partial charge in [-0.15, -0.1) is 0 Å². The highest BCUT2D eigenvalue weighted by molar-refractivity contribution is 5.98. The molecule has 0 radical (unpaired) electrons. The van der Waals surface area contributed by atoms with Crippen LogP contribution >= 0.6 is 0 Å². The molecule has 0 spiro atoms. The molecule has 1 aromatic carbocycles. The molecule has 0 saturated heterocycles. The number of aliphatic hydroxyl groups is 1. The number of aryl methyl sites for hydroxylation is 1. The van der Waals surface area contributed by atoms with Crippen LogP contribution in [0.1, 0.15) is 29.8 Å². The van der Waals surface area contributed by atoms with E-state index in [0.29, 0.717) is 18.7 Å². The van der Waals surface area contributed by atoms with Crippen molar-refractivity contribution in [2.24, 2.45) is 5.92 Å². The zero-order chi connectivity index (χ0) is 24.1. The molecule has 2 heterocycles. The number of likely N-dealkylation sites (N-methyl/N-ethyl adjacent to an activating group) is 1. The summed E-state index contributed by atoms with van der Waals surface area (Å²) >= 11 is 0. The maximum atomic E-state index is 13.5. The molecule has 33 heavy (non-hydrogen) atoms. The van der Waals surface area contributed by atoms with E-state index < -0.39 is 6.10 Å². The molecule has 1 aliphatic rings. The van der Waals surface area contributed by atoms with E-state index in [9.17, 15) is 14.7 Å². The van der Waals surface area contributed by atoms with Gasteiger partial charge >= 0.3 is 0 Å². The SMILES string of the molecule is COCC(=O)N(C)C[C@H]1Oc2ncc(-c3ccc(C)cc3)cc2C(=O)N([C@@H](C)CO)C[C@H]1C. The number of aromatic nitrogens is 1. The predicted octanol–water partition coefficient (Wildman–Crippen LogP) is 2.38. The highest BCUT2D eigenvalue weighted by atomic mass is 16.5. The lowest BCUT2D eigenvalue weighted by Crippen LogP contribution is -2.50. The summed E-state index contributed by atoms with van der Waals surface area (Å²) in [5.74, 6) is -0.264. The number of ether oxygens (including phenoxy) is 2. The Morgan fingerprint density at radius 3 is 2.67 bits per heavy atom. The molecule has 3 rings (SSSR count). The Balaban J connectivity index is 2.00. The highest BCUT2D eigenvalue weighted by Crippen LogP contribution is 2.30. The fourth-order valence-electron chi connectivity index (χ4n) is 3.83. The number of methoxy groups -OCH3 is 1. The van der Waals surface area contributed by atoms with Crippen molar-refractivity contribution in [3.05, 3.63) is 47.7 Å². The summed E-state index contributed by atoms with van der Waals surface area (Å²) in [6, 6.07) is 9.41. The smallest absolute Gasteiger partial charge is 0.259 e. The molecule has 1 N–H and O–H groups in total. The number of pyridine rings is 1. The molecule has 0 saturated carbocycles. The monoisotopic (exact) mass is 455 g/mol. The van der Waals surface area contributed by atoms with E-state index in [1.165, 1.54) is 7.11 Å². The molecule has 1 aliphatic heterocycles. The molecule has 0 bridgehead atoms. The average Bonchev–Trinajstić information content (AvgIpc) is 2.81. The average molecular weight is 456 g/mol. The molecule has 0 fully saturated rings. The minimum absolute atomic E-state index is 0.0154. The molecule has 8 nitrogen and oxygen atoms in total. The van der Waals surface area contributed by atoms with Crippen LogP contribution in [0.4, 0.5) is 0 Å². The molecule has 0 aliphatic carbocycles. The van der Waals surface area contributed by atoms with Gasteiger partial charge in [-0.2, -0.15) is 0 Å². The zero-order valence-corrected chi connectivity index (χ0v) is 19.9. The molecule has 0 unspecified atom stereocenters. The van der Waals surface area contributed by atoms with Crippen molar-refractivity contribution in [1.82, 2.24) is 14.8 Å². The number of hydrogen-bond acceptors (Lipinski definition) is 6. The third-order valence-electron chi connectivity index (χ3n) is 6.05. The topological polar surface area (TPSA) is 92.2 Å². The quantitative estimate of drug-likeness (QED) is 0.689. The molecule has 8 heteroatoms. The maximum absolute atomic E-state index is 13.5. The van der Waals surface area contributed by atoms with Crippen LogP contribution in [-0.4, -0.2) is 84.3 Å². The van der Waals surface area contributed by atoms with Crippen LogP contribution in [0, 0.1) is 12.8 Å². The van der Waals surface area contributed by atoms with E-state index in [4.69, 9.17) is 9.47 Å². The second-order valence-corrected chi connectivity index (χ2v) is 8.77. The van der Waals surface area contributed by atoms with Crippen LogP contribution < -0.4 is 4.74 Å². The van der Waals surface area contributed by atoms with Gasteiger partial charge in [0.05, 0.1) is 19.2 Å². The lowest BCUT2D eigenvalue weighted by atomic mass is 9.99. The lowest BCUT2D eigenvalue weighted by molar-refractivity contribution is -0.135. The number of fused-ring (bicyclic) bond motifs is 1. The molecule has 178 valence electrons. The van der Waals surface area contributed by atoms with Gasteiger partial charge in [-0.1, -0.05) is 36.8 Å². The van der Waals surface area contributed by atoms with Gasteiger partial charge in [-0.05, 0) is 25.5 Å². The summed E-state index contributed by atoms with van der Waals surface area (Å²) in [7, 11) is 3.18. The summed E-state index contributed by atoms with van der Waals surface area (Å²) in [5, 5.41) is 9.80. The number of amides is 2. The minimum Gasteiger partial charge on any atom is -0.472 e. The second kappa shape index (κ2) is 10.8. The van der Waals surface area contributed by atoms with Crippen molar-refractivity contribution in [2.75, 3.05) is 40.5 Å². The normalized spacial score (nSPS) is 19.2. The van der Waals surface area contributed by atoms with Gasteiger partial charge in [0.15, 0.2) is 0 Å². The van der Waals surface area contributed by atoms with Crippen LogP contribution in [0.15, 0.2) is 36.5 Å². The number of benzene rings is 1. The Kier molecular flexibility index (Phi) is 8.05. The Morgan fingerprint density at radius 2 is 2.03 bits per heavy atom. The van der Waals surface area contributed by atoms with E-state index >= 15 is 0 Å². The zero-order valence-electron chi connectivity index (χ0n) is 19.9. The Labute approximate surface area is 195 Å². The van der Waals surface area contributed by atoms with Gasteiger partial charge in [-0.3, -0.25) is 9.59 Å². The Hall–Kier alpha value is -2.97. The van der Waals surface area contributed by atoms with Gasteiger partial charge in [0.1, 0.15) is 18.3 Å². The van der Waals surface area contributed by atoms with Gasteiger partial charge < -0.3 is 24.4 Å². The van der Waals surface area contributed by atoms with Crippen LogP contribution in [0.25, 0.3) is 11.1 Å². The Morgan fingerprint density at radius 1 is 1.33 bits per heavy atom. The summed E-state index contributed by atoms with van der Waals surface area (Å²) in [6.45, 7) is 6.33. The van der Waals surface area contributed by atoms with Crippen LogP contribution in [-0.2, 0) is 9.53 Å². The van der Waals surface area contributed by atoms with E-state index in [0.717, 1.165) is 16.7 Å².